The van der Waals surface area contributed by atoms with E-state index < -0.39 is 11.6 Å². The molecule has 2 aliphatic rings. The number of nitrogens with zero attached hydrogens (tertiary/aromatic N) is 5. The van der Waals surface area contributed by atoms with E-state index in [1.165, 1.54) is 13.3 Å². The maximum Gasteiger partial charge on any atom is 0.410 e. The van der Waals surface area contributed by atoms with Crippen molar-refractivity contribution in [3.8, 4) is 0 Å². The third kappa shape index (κ3) is 5.93. The first-order chi connectivity index (χ1) is 15.5. The molecule has 33 heavy (non-hydrogen) atoms. The minimum Gasteiger partial charge on any atom is -0.464 e. The molecule has 2 atom stereocenters. The van der Waals surface area contributed by atoms with E-state index in [1.807, 2.05) is 32.6 Å². The Kier molecular flexibility index (Phi) is 7.82. The molecule has 0 aromatic carbocycles. The summed E-state index contributed by atoms with van der Waals surface area (Å²) in [5.41, 5.74) is 0.496. The van der Waals surface area contributed by atoms with Crippen molar-refractivity contribution < 1.29 is 19.1 Å². The molecule has 0 bridgehead atoms. The number of hydrogen-bond donors (Lipinski definition) is 0. The Balaban J connectivity index is 1.65. The standard InChI is InChI=1S/C24H39N5O4/c1-8-18-15-28(21-17(3)26-20(13-25-21)22(30)32-7)16(2)14-29(18)19-9-11-27(12-10-19)23(31)33-24(4,5)6/h13,16,18-19H,8-12,14-15H2,1-7H3/t16-,18+/m1/s1. The number of carbonyl (C=O) groups is 2. The van der Waals surface area contributed by atoms with Crippen molar-refractivity contribution in [1.29, 1.82) is 0 Å². The average Bonchev–Trinajstić information content (AvgIpc) is 2.77. The molecule has 9 heteroatoms. The molecule has 2 aliphatic heterocycles. The monoisotopic (exact) mass is 461 g/mol. The van der Waals surface area contributed by atoms with Gasteiger partial charge in [0.25, 0.3) is 0 Å². The maximum absolute atomic E-state index is 12.4. The Hall–Kier alpha value is -2.42. The first-order valence-corrected chi connectivity index (χ1v) is 12.0. The van der Waals surface area contributed by atoms with Crippen molar-refractivity contribution in [3.63, 3.8) is 0 Å². The molecule has 0 aliphatic carbocycles. The third-order valence-electron chi connectivity index (χ3n) is 6.53. The van der Waals surface area contributed by atoms with Gasteiger partial charge in [-0.2, -0.15) is 0 Å². The Morgan fingerprint density at radius 2 is 1.85 bits per heavy atom. The van der Waals surface area contributed by atoms with Crippen LogP contribution in [0.25, 0.3) is 0 Å². The zero-order chi connectivity index (χ0) is 24.3. The summed E-state index contributed by atoms with van der Waals surface area (Å²) in [6, 6.07) is 1.10. The molecule has 0 spiro atoms. The molecule has 184 valence electrons. The van der Waals surface area contributed by atoms with Crippen LogP contribution in [-0.2, 0) is 9.47 Å². The summed E-state index contributed by atoms with van der Waals surface area (Å²) in [5, 5.41) is 0. The first-order valence-electron chi connectivity index (χ1n) is 12.0. The Morgan fingerprint density at radius 1 is 1.18 bits per heavy atom. The molecular weight excluding hydrogens is 422 g/mol. The van der Waals surface area contributed by atoms with E-state index in [1.54, 1.807) is 0 Å². The molecule has 0 N–H and O–H groups in total. The second kappa shape index (κ2) is 10.2. The van der Waals surface area contributed by atoms with Gasteiger partial charge in [-0.3, -0.25) is 4.90 Å². The fourth-order valence-electron chi connectivity index (χ4n) is 4.84. The quantitative estimate of drug-likeness (QED) is 0.632. The molecule has 3 rings (SSSR count). The van der Waals surface area contributed by atoms with E-state index in [4.69, 9.17) is 9.47 Å². The smallest absolute Gasteiger partial charge is 0.410 e. The normalized spacial score (nSPS) is 22.9. The Labute approximate surface area is 197 Å². The van der Waals surface area contributed by atoms with Gasteiger partial charge in [-0.05, 0) is 53.9 Å². The second-order valence-electron chi connectivity index (χ2n) is 10.1. The van der Waals surface area contributed by atoms with Crippen LogP contribution in [0.4, 0.5) is 10.6 Å². The zero-order valence-corrected chi connectivity index (χ0v) is 21.1. The van der Waals surface area contributed by atoms with E-state index >= 15 is 0 Å². The van der Waals surface area contributed by atoms with E-state index in [9.17, 15) is 9.59 Å². The number of esters is 1. The van der Waals surface area contributed by atoms with Gasteiger partial charge in [0.2, 0.25) is 0 Å². The van der Waals surface area contributed by atoms with Gasteiger partial charge in [-0.1, -0.05) is 6.92 Å². The minimum atomic E-state index is -0.473. The first kappa shape index (κ1) is 25.2. The zero-order valence-electron chi connectivity index (χ0n) is 21.1. The highest BCUT2D eigenvalue weighted by Gasteiger charge is 2.38. The van der Waals surface area contributed by atoms with Gasteiger partial charge < -0.3 is 19.3 Å². The van der Waals surface area contributed by atoms with Crippen LogP contribution in [0.1, 0.15) is 70.1 Å². The van der Waals surface area contributed by atoms with Gasteiger partial charge in [0, 0.05) is 44.3 Å². The van der Waals surface area contributed by atoms with Crippen LogP contribution in [-0.4, -0.2) is 88.8 Å². The van der Waals surface area contributed by atoms with Crippen LogP contribution < -0.4 is 4.90 Å². The van der Waals surface area contributed by atoms with E-state index in [0.29, 0.717) is 12.1 Å². The molecule has 1 aromatic rings. The topological polar surface area (TPSA) is 88.1 Å². The number of methoxy groups -OCH3 is 1. The van der Waals surface area contributed by atoms with Crippen LogP contribution in [0, 0.1) is 6.92 Å². The summed E-state index contributed by atoms with van der Waals surface area (Å²) >= 11 is 0. The predicted octanol–water partition coefficient (Wildman–Crippen LogP) is 3.26. The highest BCUT2D eigenvalue weighted by atomic mass is 16.6. The number of aryl methyl sites for hydroxylation is 1. The summed E-state index contributed by atoms with van der Waals surface area (Å²) in [6.07, 6.45) is 4.23. The SMILES string of the molecule is CC[C@H]1CN(c2ncc(C(=O)OC)nc2C)[C@H](C)CN1C1CCN(C(=O)OC(C)(C)C)CC1. The molecule has 9 nitrogen and oxygen atoms in total. The average molecular weight is 462 g/mol. The van der Waals surface area contributed by atoms with Gasteiger partial charge in [-0.15, -0.1) is 0 Å². The number of amides is 1. The lowest BCUT2D eigenvalue weighted by molar-refractivity contribution is 0.00756. The van der Waals surface area contributed by atoms with Crippen LogP contribution in [0.15, 0.2) is 6.20 Å². The van der Waals surface area contributed by atoms with Crippen molar-refractivity contribution in [2.75, 3.05) is 38.2 Å². The number of hydrogen-bond acceptors (Lipinski definition) is 8. The molecular formula is C24H39N5O4. The van der Waals surface area contributed by atoms with Gasteiger partial charge in [0.05, 0.1) is 19.0 Å². The minimum absolute atomic E-state index is 0.212. The van der Waals surface area contributed by atoms with Gasteiger partial charge in [0.15, 0.2) is 5.69 Å². The highest BCUT2D eigenvalue weighted by Crippen LogP contribution is 2.29. The predicted molar refractivity (Wildman–Crippen MR) is 127 cm³/mol. The molecule has 2 saturated heterocycles. The van der Waals surface area contributed by atoms with Crippen molar-refractivity contribution in [2.45, 2.75) is 84.5 Å². The van der Waals surface area contributed by atoms with Gasteiger partial charge >= 0.3 is 12.1 Å². The number of ether oxygens (including phenoxy) is 2. The van der Waals surface area contributed by atoms with Crippen molar-refractivity contribution >= 4 is 17.9 Å². The fraction of sp³-hybridized carbons (Fsp3) is 0.750. The molecule has 3 heterocycles. The second-order valence-corrected chi connectivity index (χ2v) is 10.1. The summed E-state index contributed by atoms with van der Waals surface area (Å²) < 4.78 is 10.3. The number of likely N-dealkylation sites (tertiary alicyclic amines) is 1. The number of aromatic nitrogens is 2. The van der Waals surface area contributed by atoms with E-state index in [2.05, 4.69) is 33.6 Å². The molecule has 1 aromatic heterocycles. The molecule has 2 fully saturated rings. The summed E-state index contributed by atoms with van der Waals surface area (Å²) in [4.78, 5) is 40.0. The number of piperazine rings is 1. The van der Waals surface area contributed by atoms with E-state index in [-0.39, 0.29) is 17.8 Å². The largest absolute Gasteiger partial charge is 0.464 e. The number of piperidine rings is 1. The van der Waals surface area contributed by atoms with E-state index in [0.717, 1.165) is 57.0 Å². The Bertz CT molecular complexity index is 848. The molecule has 0 saturated carbocycles. The lowest BCUT2D eigenvalue weighted by atomic mass is 9.96. The van der Waals surface area contributed by atoms with Crippen molar-refractivity contribution in [2.24, 2.45) is 0 Å². The number of carbonyl (C=O) groups excluding carboxylic acids is 2. The number of rotatable bonds is 4. The summed E-state index contributed by atoms with van der Waals surface area (Å²) in [5.74, 6) is 0.354. The molecule has 1 amide bonds. The number of anilines is 1. The van der Waals surface area contributed by atoms with Crippen LogP contribution in [0.2, 0.25) is 0 Å². The summed E-state index contributed by atoms with van der Waals surface area (Å²) in [6.45, 7) is 15.3. The van der Waals surface area contributed by atoms with Crippen LogP contribution in [0.3, 0.4) is 0 Å². The summed E-state index contributed by atoms with van der Waals surface area (Å²) in [7, 11) is 1.35. The van der Waals surface area contributed by atoms with Gasteiger partial charge in [0.1, 0.15) is 11.4 Å². The maximum atomic E-state index is 12.4. The Morgan fingerprint density at radius 3 is 2.39 bits per heavy atom. The van der Waals surface area contributed by atoms with Crippen molar-refractivity contribution in [1.82, 2.24) is 19.8 Å². The molecule has 0 unspecified atom stereocenters. The fourth-order valence-corrected chi connectivity index (χ4v) is 4.84. The highest BCUT2D eigenvalue weighted by molar-refractivity contribution is 5.87. The lowest BCUT2D eigenvalue weighted by Gasteiger charge is -2.50. The van der Waals surface area contributed by atoms with Gasteiger partial charge in [-0.25, -0.2) is 19.6 Å². The van der Waals surface area contributed by atoms with Crippen LogP contribution >= 0.6 is 0 Å². The van der Waals surface area contributed by atoms with Crippen LogP contribution in [0.5, 0.6) is 0 Å². The van der Waals surface area contributed by atoms with Crippen molar-refractivity contribution in [3.05, 3.63) is 17.6 Å². The third-order valence-corrected chi connectivity index (χ3v) is 6.53. The molecule has 0 radical (unpaired) electrons. The lowest BCUT2D eigenvalue weighted by Crippen LogP contribution is -2.62.